The molecule has 1 N–H and O–H groups in total. The van der Waals surface area contributed by atoms with Crippen molar-refractivity contribution in [1.29, 1.82) is 0 Å². The Bertz CT molecular complexity index is 1100. The molecular formula is C25H29N3O2. The number of carbonyl (C=O) groups is 1. The van der Waals surface area contributed by atoms with Gasteiger partial charge in [-0.25, -0.2) is 0 Å². The van der Waals surface area contributed by atoms with E-state index in [0.717, 1.165) is 46.7 Å². The van der Waals surface area contributed by atoms with Crippen LogP contribution < -0.4 is 10.7 Å². The van der Waals surface area contributed by atoms with Crippen LogP contribution in [0.4, 0.5) is 5.69 Å². The Morgan fingerprint density at radius 1 is 1.10 bits per heavy atom. The minimum atomic E-state index is -0.352. The molecule has 5 heteroatoms. The maximum absolute atomic E-state index is 13.3. The van der Waals surface area contributed by atoms with Gasteiger partial charge in [0.1, 0.15) is 5.56 Å². The van der Waals surface area contributed by atoms with Crippen molar-refractivity contribution in [2.24, 2.45) is 0 Å². The van der Waals surface area contributed by atoms with Crippen molar-refractivity contribution >= 4 is 11.6 Å². The van der Waals surface area contributed by atoms with Gasteiger partial charge in [-0.2, -0.15) is 0 Å². The normalized spacial score (nSPS) is 10.8. The first-order chi connectivity index (χ1) is 14.4. The first-order valence-electron chi connectivity index (χ1n) is 10.4. The number of nitrogens with one attached hydrogen (secondary N) is 1. The Morgan fingerprint density at radius 2 is 1.90 bits per heavy atom. The Hall–Kier alpha value is -3.21. The molecule has 2 aromatic heterocycles. The van der Waals surface area contributed by atoms with E-state index in [-0.39, 0.29) is 16.9 Å². The predicted octanol–water partition coefficient (Wildman–Crippen LogP) is 4.81. The van der Waals surface area contributed by atoms with Gasteiger partial charge in [-0.1, -0.05) is 31.5 Å². The van der Waals surface area contributed by atoms with Crippen LogP contribution in [0.2, 0.25) is 0 Å². The number of benzene rings is 1. The third-order valence-electron chi connectivity index (χ3n) is 5.52. The number of unbranched alkanes of at least 4 members (excludes halogenated alkanes) is 1. The highest BCUT2D eigenvalue weighted by Gasteiger charge is 2.21. The summed E-state index contributed by atoms with van der Waals surface area (Å²) in [7, 11) is 0. The van der Waals surface area contributed by atoms with E-state index in [1.165, 1.54) is 0 Å². The number of aryl methyl sites for hydroxylation is 2. The fourth-order valence-electron chi connectivity index (χ4n) is 3.62. The molecule has 0 spiro atoms. The molecule has 0 saturated carbocycles. The molecule has 5 nitrogen and oxygen atoms in total. The summed E-state index contributed by atoms with van der Waals surface area (Å²) in [5.41, 5.74) is 5.32. The van der Waals surface area contributed by atoms with Gasteiger partial charge in [-0.15, -0.1) is 0 Å². The fourth-order valence-corrected chi connectivity index (χ4v) is 3.62. The zero-order valence-electron chi connectivity index (χ0n) is 18.2. The number of hydrogen-bond donors (Lipinski definition) is 1. The van der Waals surface area contributed by atoms with Crippen LogP contribution in [0.5, 0.6) is 0 Å². The van der Waals surface area contributed by atoms with Gasteiger partial charge in [0.05, 0.1) is 12.2 Å². The third-order valence-corrected chi connectivity index (χ3v) is 5.52. The van der Waals surface area contributed by atoms with Crippen LogP contribution in [0.1, 0.15) is 58.3 Å². The summed E-state index contributed by atoms with van der Waals surface area (Å²) >= 11 is 0. The van der Waals surface area contributed by atoms with Crippen molar-refractivity contribution in [1.82, 2.24) is 9.55 Å². The van der Waals surface area contributed by atoms with Crippen molar-refractivity contribution in [3.8, 4) is 0 Å². The van der Waals surface area contributed by atoms with Crippen LogP contribution in [0.25, 0.3) is 0 Å². The molecule has 0 aliphatic carbocycles. The highest BCUT2D eigenvalue weighted by Crippen LogP contribution is 2.20. The van der Waals surface area contributed by atoms with Gasteiger partial charge in [-0.3, -0.25) is 14.6 Å². The fraction of sp³-hybridized carbons (Fsp3) is 0.320. The maximum atomic E-state index is 13.3. The molecule has 0 unspecified atom stereocenters. The van der Waals surface area contributed by atoms with Crippen LogP contribution >= 0.6 is 0 Å². The van der Waals surface area contributed by atoms with Gasteiger partial charge in [0, 0.05) is 29.3 Å². The lowest BCUT2D eigenvalue weighted by Gasteiger charge is -2.20. The maximum Gasteiger partial charge on any atom is 0.261 e. The number of anilines is 1. The van der Waals surface area contributed by atoms with Crippen molar-refractivity contribution in [3.63, 3.8) is 0 Å². The highest BCUT2D eigenvalue weighted by atomic mass is 16.2. The molecule has 30 heavy (non-hydrogen) atoms. The first kappa shape index (κ1) is 21.5. The number of aromatic nitrogens is 2. The van der Waals surface area contributed by atoms with Crippen LogP contribution in [0, 0.1) is 20.8 Å². The van der Waals surface area contributed by atoms with Crippen molar-refractivity contribution in [2.45, 2.75) is 53.5 Å². The lowest BCUT2D eigenvalue weighted by Crippen LogP contribution is -2.29. The minimum Gasteiger partial charge on any atom is -0.342 e. The van der Waals surface area contributed by atoms with Crippen molar-refractivity contribution < 1.29 is 4.79 Å². The minimum absolute atomic E-state index is 0.228. The van der Waals surface area contributed by atoms with E-state index >= 15 is 0 Å². The molecule has 0 saturated heterocycles. The molecule has 156 valence electrons. The highest BCUT2D eigenvalue weighted by molar-refractivity contribution is 6.05. The number of amides is 1. The predicted molar refractivity (Wildman–Crippen MR) is 121 cm³/mol. The lowest BCUT2D eigenvalue weighted by molar-refractivity contribution is 0.102. The van der Waals surface area contributed by atoms with Gasteiger partial charge in [0.2, 0.25) is 0 Å². The van der Waals surface area contributed by atoms with Crippen LogP contribution in [0.15, 0.2) is 53.5 Å². The van der Waals surface area contributed by atoms with E-state index in [2.05, 4.69) is 21.8 Å². The van der Waals surface area contributed by atoms with Gasteiger partial charge in [-0.05, 0) is 62.9 Å². The van der Waals surface area contributed by atoms with Crippen molar-refractivity contribution in [3.05, 3.63) is 92.7 Å². The standard InChI is InChI=1S/C25H29N3O2/c1-5-6-13-22-24(25(30)27-21-12-9-10-17(2)19(21)4)23(29)15-18(3)28(22)16-20-11-7-8-14-26-20/h7-12,14-15H,5-6,13,16H2,1-4H3,(H,27,30). The van der Waals surface area contributed by atoms with E-state index in [9.17, 15) is 9.59 Å². The Balaban J connectivity index is 2.07. The zero-order valence-corrected chi connectivity index (χ0v) is 18.2. The van der Waals surface area contributed by atoms with Crippen LogP contribution in [-0.4, -0.2) is 15.5 Å². The van der Waals surface area contributed by atoms with E-state index in [0.29, 0.717) is 13.0 Å². The summed E-state index contributed by atoms with van der Waals surface area (Å²) in [6.45, 7) is 8.51. The smallest absolute Gasteiger partial charge is 0.261 e. The number of carbonyl (C=O) groups excluding carboxylic acids is 1. The van der Waals surface area contributed by atoms with E-state index in [1.54, 1.807) is 12.3 Å². The summed E-state index contributed by atoms with van der Waals surface area (Å²) < 4.78 is 2.05. The summed E-state index contributed by atoms with van der Waals surface area (Å²) in [5.74, 6) is -0.352. The molecule has 0 radical (unpaired) electrons. The summed E-state index contributed by atoms with van der Waals surface area (Å²) in [6.07, 6.45) is 4.29. The lowest BCUT2D eigenvalue weighted by atomic mass is 10.0. The average Bonchev–Trinajstić information content (AvgIpc) is 2.72. The topological polar surface area (TPSA) is 64.0 Å². The second-order valence-corrected chi connectivity index (χ2v) is 7.68. The molecule has 1 amide bonds. The largest absolute Gasteiger partial charge is 0.342 e. The summed E-state index contributed by atoms with van der Waals surface area (Å²) in [5, 5.41) is 2.97. The number of pyridine rings is 2. The second-order valence-electron chi connectivity index (χ2n) is 7.68. The number of rotatable bonds is 7. The molecule has 3 aromatic rings. The van der Waals surface area contributed by atoms with Gasteiger partial charge < -0.3 is 9.88 Å². The van der Waals surface area contributed by atoms with Crippen molar-refractivity contribution in [2.75, 3.05) is 5.32 Å². The molecule has 0 atom stereocenters. The number of nitrogens with zero attached hydrogens (tertiary/aromatic N) is 2. The van der Waals surface area contributed by atoms with E-state index in [1.807, 2.05) is 57.2 Å². The van der Waals surface area contributed by atoms with Gasteiger partial charge >= 0.3 is 0 Å². The monoisotopic (exact) mass is 403 g/mol. The van der Waals surface area contributed by atoms with E-state index in [4.69, 9.17) is 0 Å². The zero-order chi connectivity index (χ0) is 21.7. The molecule has 0 fully saturated rings. The number of hydrogen-bond acceptors (Lipinski definition) is 3. The first-order valence-corrected chi connectivity index (χ1v) is 10.4. The Labute approximate surface area is 177 Å². The van der Waals surface area contributed by atoms with Crippen LogP contribution in [0.3, 0.4) is 0 Å². The van der Waals surface area contributed by atoms with Crippen LogP contribution in [-0.2, 0) is 13.0 Å². The van der Waals surface area contributed by atoms with Gasteiger partial charge in [0.15, 0.2) is 5.43 Å². The Kier molecular flexibility index (Phi) is 6.83. The molecule has 0 aliphatic rings. The average molecular weight is 404 g/mol. The molecule has 0 bridgehead atoms. The summed E-state index contributed by atoms with van der Waals surface area (Å²) in [4.78, 5) is 30.6. The second kappa shape index (κ2) is 9.53. The third kappa shape index (κ3) is 4.67. The molecule has 3 rings (SSSR count). The SMILES string of the molecule is CCCCc1c(C(=O)Nc2cccc(C)c2C)c(=O)cc(C)n1Cc1ccccn1. The summed E-state index contributed by atoms with van der Waals surface area (Å²) in [6, 6.07) is 13.1. The Morgan fingerprint density at radius 3 is 2.60 bits per heavy atom. The van der Waals surface area contributed by atoms with Gasteiger partial charge in [0.25, 0.3) is 5.91 Å². The van der Waals surface area contributed by atoms with E-state index < -0.39 is 0 Å². The molecule has 1 aromatic carbocycles. The molecule has 0 aliphatic heterocycles. The molecule has 2 heterocycles. The quantitative estimate of drug-likeness (QED) is 0.616. The molecular weight excluding hydrogens is 374 g/mol.